The first kappa shape index (κ1) is 15.9. The van der Waals surface area contributed by atoms with Crippen molar-refractivity contribution in [3.8, 4) is 0 Å². The van der Waals surface area contributed by atoms with Crippen LogP contribution in [0.5, 0.6) is 0 Å². The molecule has 1 fully saturated rings. The second-order valence-corrected chi connectivity index (χ2v) is 5.32. The Bertz CT molecular complexity index is 179. The molecule has 0 bridgehead atoms. The molecule has 0 spiro atoms. The Balaban J connectivity index is 1.94. The summed E-state index contributed by atoms with van der Waals surface area (Å²) in [6, 6.07) is 0. The van der Waals surface area contributed by atoms with Crippen molar-refractivity contribution in [1.29, 1.82) is 0 Å². The molecule has 3 heteroatoms. The molecule has 1 aliphatic heterocycles. The van der Waals surface area contributed by atoms with E-state index in [4.69, 9.17) is 9.47 Å². The van der Waals surface area contributed by atoms with Gasteiger partial charge in [0.25, 0.3) is 0 Å². The van der Waals surface area contributed by atoms with Crippen LogP contribution in [0.3, 0.4) is 0 Å². The molecule has 0 aliphatic carbocycles. The minimum atomic E-state index is 0.469. The lowest BCUT2D eigenvalue weighted by molar-refractivity contribution is -0.0148. The molecular weight excluding hydrogens is 226 g/mol. The second kappa shape index (κ2) is 10.8. The van der Waals surface area contributed by atoms with Crippen LogP contribution in [0.25, 0.3) is 0 Å². The smallest absolute Gasteiger partial charge is 0.0704 e. The number of piperidine rings is 1. The highest BCUT2D eigenvalue weighted by atomic mass is 16.5. The first-order chi connectivity index (χ1) is 8.86. The standard InChI is InChI=1S/C15H31NO2/c1-3-4-5-6-7-10-16-11-8-15(9-12-16)18-14-13-17-2/h15H,3-14H2,1-2H3. The van der Waals surface area contributed by atoms with Gasteiger partial charge in [-0.3, -0.25) is 0 Å². The van der Waals surface area contributed by atoms with Crippen molar-refractivity contribution in [2.24, 2.45) is 0 Å². The van der Waals surface area contributed by atoms with Gasteiger partial charge in [-0.1, -0.05) is 32.6 Å². The Morgan fingerprint density at radius 3 is 2.39 bits per heavy atom. The van der Waals surface area contributed by atoms with E-state index in [1.165, 1.54) is 64.6 Å². The van der Waals surface area contributed by atoms with Crippen LogP contribution in [0.2, 0.25) is 0 Å². The maximum Gasteiger partial charge on any atom is 0.0704 e. The number of hydrogen-bond donors (Lipinski definition) is 0. The molecule has 1 saturated heterocycles. The van der Waals surface area contributed by atoms with E-state index in [1.807, 2.05) is 0 Å². The third kappa shape index (κ3) is 7.34. The summed E-state index contributed by atoms with van der Waals surface area (Å²) in [5.41, 5.74) is 0. The van der Waals surface area contributed by atoms with E-state index in [-0.39, 0.29) is 0 Å². The van der Waals surface area contributed by atoms with Gasteiger partial charge in [0, 0.05) is 20.2 Å². The maximum absolute atomic E-state index is 5.78. The minimum Gasteiger partial charge on any atom is -0.382 e. The summed E-state index contributed by atoms with van der Waals surface area (Å²) in [5, 5.41) is 0. The van der Waals surface area contributed by atoms with Gasteiger partial charge in [-0.2, -0.15) is 0 Å². The zero-order valence-electron chi connectivity index (χ0n) is 12.3. The summed E-state index contributed by atoms with van der Waals surface area (Å²) in [6.07, 6.45) is 9.77. The van der Waals surface area contributed by atoms with E-state index in [1.54, 1.807) is 7.11 Å². The monoisotopic (exact) mass is 257 g/mol. The van der Waals surface area contributed by atoms with E-state index in [0.29, 0.717) is 6.10 Å². The molecular formula is C15H31NO2. The number of rotatable bonds is 10. The predicted molar refractivity (Wildman–Crippen MR) is 76.0 cm³/mol. The average Bonchev–Trinajstić information content (AvgIpc) is 2.40. The van der Waals surface area contributed by atoms with Crippen molar-refractivity contribution in [3.05, 3.63) is 0 Å². The van der Waals surface area contributed by atoms with Crippen molar-refractivity contribution < 1.29 is 9.47 Å². The summed E-state index contributed by atoms with van der Waals surface area (Å²) >= 11 is 0. The summed E-state index contributed by atoms with van der Waals surface area (Å²) < 4.78 is 10.8. The van der Waals surface area contributed by atoms with E-state index in [9.17, 15) is 0 Å². The largest absolute Gasteiger partial charge is 0.382 e. The molecule has 0 aromatic carbocycles. The fourth-order valence-electron chi connectivity index (χ4n) is 2.54. The summed E-state index contributed by atoms with van der Waals surface area (Å²) in [4.78, 5) is 2.60. The van der Waals surface area contributed by atoms with Crippen molar-refractivity contribution in [2.45, 2.75) is 58.0 Å². The molecule has 0 radical (unpaired) electrons. The Labute approximate surface area is 113 Å². The number of nitrogens with zero attached hydrogens (tertiary/aromatic N) is 1. The van der Waals surface area contributed by atoms with E-state index in [2.05, 4.69) is 11.8 Å². The Morgan fingerprint density at radius 2 is 1.72 bits per heavy atom. The van der Waals surface area contributed by atoms with Gasteiger partial charge in [0.05, 0.1) is 19.3 Å². The molecule has 1 rings (SSSR count). The normalized spacial score (nSPS) is 18.3. The molecule has 1 heterocycles. The van der Waals surface area contributed by atoms with Gasteiger partial charge in [0.1, 0.15) is 0 Å². The van der Waals surface area contributed by atoms with Crippen molar-refractivity contribution in [3.63, 3.8) is 0 Å². The molecule has 108 valence electrons. The number of unbranched alkanes of at least 4 members (excludes halogenated alkanes) is 4. The van der Waals surface area contributed by atoms with Gasteiger partial charge in [-0.05, 0) is 25.8 Å². The third-order valence-corrected chi connectivity index (χ3v) is 3.75. The summed E-state index contributed by atoms with van der Waals surface area (Å²) in [7, 11) is 1.73. The molecule has 0 aromatic heterocycles. The van der Waals surface area contributed by atoms with Crippen LogP contribution in [0.15, 0.2) is 0 Å². The third-order valence-electron chi connectivity index (χ3n) is 3.75. The van der Waals surface area contributed by atoms with Crippen LogP contribution >= 0.6 is 0 Å². The Hall–Kier alpha value is -0.120. The molecule has 0 N–H and O–H groups in total. The first-order valence-electron chi connectivity index (χ1n) is 7.69. The Morgan fingerprint density at radius 1 is 1.00 bits per heavy atom. The van der Waals surface area contributed by atoms with Crippen LogP contribution in [0.1, 0.15) is 51.9 Å². The fraction of sp³-hybridized carbons (Fsp3) is 1.00. The van der Waals surface area contributed by atoms with Gasteiger partial charge in [-0.15, -0.1) is 0 Å². The van der Waals surface area contributed by atoms with Crippen LogP contribution in [0, 0.1) is 0 Å². The topological polar surface area (TPSA) is 21.7 Å². The fourth-order valence-corrected chi connectivity index (χ4v) is 2.54. The highest BCUT2D eigenvalue weighted by Crippen LogP contribution is 2.14. The van der Waals surface area contributed by atoms with Gasteiger partial charge < -0.3 is 14.4 Å². The maximum atomic E-state index is 5.78. The number of likely N-dealkylation sites (tertiary alicyclic amines) is 1. The molecule has 1 aliphatic rings. The SMILES string of the molecule is CCCCCCCN1CCC(OCCOC)CC1. The van der Waals surface area contributed by atoms with Crippen LogP contribution in [-0.2, 0) is 9.47 Å². The van der Waals surface area contributed by atoms with Crippen molar-refractivity contribution in [1.82, 2.24) is 4.90 Å². The highest BCUT2D eigenvalue weighted by Gasteiger charge is 2.18. The van der Waals surface area contributed by atoms with Gasteiger partial charge in [-0.25, -0.2) is 0 Å². The Kier molecular flexibility index (Phi) is 9.54. The molecule has 3 nitrogen and oxygen atoms in total. The summed E-state index contributed by atoms with van der Waals surface area (Å²) in [6.45, 7) is 7.45. The second-order valence-electron chi connectivity index (χ2n) is 5.32. The average molecular weight is 257 g/mol. The number of ether oxygens (including phenoxy) is 2. The van der Waals surface area contributed by atoms with Gasteiger partial charge in [0.2, 0.25) is 0 Å². The van der Waals surface area contributed by atoms with Gasteiger partial charge >= 0.3 is 0 Å². The van der Waals surface area contributed by atoms with E-state index >= 15 is 0 Å². The highest BCUT2D eigenvalue weighted by molar-refractivity contribution is 4.72. The lowest BCUT2D eigenvalue weighted by Crippen LogP contribution is -2.37. The molecule has 18 heavy (non-hydrogen) atoms. The van der Waals surface area contributed by atoms with Crippen LogP contribution in [0.4, 0.5) is 0 Å². The lowest BCUT2D eigenvalue weighted by Gasteiger charge is -2.31. The van der Waals surface area contributed by atoms with E-state index < -0.39 is 0 Å². The quantitative estimate of drug-likeness (QED) is 0.561. The molecule has 0 aromatic rings. The van der Waals surface area contributed by atoms with E-state index in [0.717, 1.165) is 13.2 Å². The van der Waals surface area contributed by atoms with Crippen LogP contribution < -0.4 is 0 Å². The predicted octanol–water partition coefficient (Wildman–Crippen LogP) is 3.08. The zero-order valence-corrected chi connectivity index (χ0v) is 12.3. The number of hydrogen-bond acceptors (Lipinski definition) is 3. The van der Waals surface area contributed by atoms with Crippen molar-refractivity contribution in [2.75, 3.05) is 40.0 Å². The summed E-state index contributed by atoms with van der Waals surface area (Å²) in [5.74, 6) is 0. The first-order valence-corrected chi connectivity index (χ1v) is 7.69. The van der Waals surface area contributed by atoms with Crippen molar-refractivity contribution >= 4 is 0 Å². The molecule has 0 saturated carbocycles. The molecule has 0 atom stereocenters. The van der Waals surface area contributed by atoms with Gasteiger partial charge in [0.15, 0.2) is 0 Å². The minimum absolute atomic E-state index is 0.469. The molecule has 0 amide bonds. The van der Waals surface area contributed by atoms with Crippen LogP contribution in [-0.4, -0.2) is 51.0 Å². The lowest BCUT2D eigenvalue weighted by atomic mass is 10.1. The number of methoxy groups -OCH3 is 1. The zero-order chi connectivity index (χ0) is 13.1. The molecule has 0 unspecified atom stereocenters.